The highest BCUT2D eigenvalue weighted by Crippen LogP contribution is 2.69. The minimum Gasteiger partial charge on any atom is -0.494 e. The molecule has 0 N–H and O–H groups in total. The first kappa shape index (κ1) is 26.1. The smallest absolute Gasteiger partial charge is 0.302 e. The molecule has 0 aromatic heterocycles. The van der Waals surface area contributed by atoms with E-state index >= 15 is 0 Å². The molecule has 5 heteroatoms. The van der Waals surface area contributed by atoms with Crippen molar-refractivity contribution in [3.63, 3.8) is 0 Å². The Balaban J connectivity index is 1.26. The molecule has 0 amide bonds. The predicted molar refractivity (Wildman–Crippen MR) is 139 cm³/mol. The molecule has 0 aromatic carbocycles. The summed E-state index contributed by atoms with van der Waals surface area (Å²) >= 11 is 0. The number of carbonyl (C=O) groups excluding carboxylic acids is 2. The normalized spacial score (nSPS) is 44.0. The summed E-state index contributed by atoms with van der Waals surface area (Å²) < 4.78 is 17.6. The van der Waals surface area contributed by atoms with E-state index in [9.17, 15) is 9.59 Å². The van der Waals surface area contributed by atoms with Crippen molar-refractivity contribution in [2.75, 3.05) is 6.61 Å². The Labute approximate surface area is 218 Å². The number of hydrogen-bond donors (Lipinski definition) is 0. The van der Waals surface area contributed by atoms with Crippen molar-refractivity contribution >= 4 is 11.9 Å². The summed E-state index contributed by atoms with van der Waals surface area (Å²) in [6.45, 7) is 13.2. The second-order valence-corrected chi connectivity index (χ2v) is 13.6. The maximum absolute atomic E-state index is 11.6. The van der Waals surface area contributed by atoms with Gasteiger partial charge in [0.25, 0.3) is 0 Å². The van der Waals surface area contributed by atoms with Gasteiger partial charge in [0, 0.05) is 26.2 Å². The third kappa shape index (κ3) is 4.41. The average Bonchev–Trinajstić information content (AvgIpc) is 3.29. The van der Waals surface area contributed by atoms with E-state index in [-0.39, 0.29) is 18.0 Å². The van der Waals surface area contributed by atoms with E-state index in [0.717, 1.165) is 43.4 Å². The molecule has 5 rings (SSSR count). The second kappa shape index (κ2) is 9.66. The van der Waals surface area contributed by atoms with Crippen LogP contribution in [-0.4, -0.2) is 30.8 Å². The maximum Gasteiger partial charge on any atom is 0.302 e. The molecule has 5 aliphatic rings. The van der Waals surface area contributed by atoms with Crippen molar-refractivity contribution in [1.29, 1.82) is 0 Å². The Kier molecular flexibility index (Phi) is 7.00. The van der Waals surface area contributed by atoms with Crippen LogP contribution in [0.3, 0.4) is 0 Å². The molecule has 0 radical (unpaired) electrons. The highest BCUT2D eigenvalue weighted by Gasteiger charge is 2.64. The summed E-state index contributed by atoms with van der Waals surface area (Å²) in [5, 5.41) is 0. The molecule has 4 saturated carbocycles. The Morgan fingerprint density at radius 2 is 1.75 bits per heavy atom. The van der Waals surface area contributed by atoms with Gasteiger partial charge in [0.2, 0.25) is 0 Å². The van der Waals surface area contributed by atoms with Crippen molar-refractivity contribution in [3.8, 4) is 0 Å². The Morgan fingerprint density at radius 1 is 1.00 bits per heavy atom. The minimum atomic E-state index is -0.196. The number of allylic oxidation sites excluding steroid dienone is 1. The van der Waals surface area contributed by atoms with Crippen LogP contribution >= 0.6 is 0 Å². The Hall–Kier alpha value is -1.52. The molecular formula is C31H48O5. The summed E-state index contributed by atoms with van der Waals surface area (Å²) in [5.41, 5.74) is 2.25. The van der Waals surface area contributed by atoms with Crippen LogP contribution < -0.4 is 0 Å². The first-order valence-electron chi connectivity index (χ1n) is 14.7. The molecule has 10 atom stereocenters. The summed E-state index contributed by atoms with van der Waals surface area (Å²) in [6, 6.07) is 0. The zero-order valence-electron chi connectivity index (χ0n) is 23.4. The van der Waals surface area contributed by atoms with Gasteiger partial charge in [-0.15, -0.1) is 0 Å². The number of hydrogen-bond acceptors (Lipinski definition) is 5. The molecular weight excluding hydrogens is 452 g/mol. The van der Waals surface area contributed by atoms with Crippen LogP contribution in [0, 0.1) is 46.3 Å². The average molecular weight is 501 g/mol. The quantitative estimate of drug-likeness (QED) is 0.374. The van der Waals surface area contributed by atoms with E-state index < -0.39 is 0 Å². The van der Waals surface area contributed by atoms with Crippen molar-refractivity contribution < 1.29 is 23.8 Å². The summed E-state index contributed by atoms with van der Waals surface area (Å²) in [7, 11) is 0. The van der Waals surface area contributed by atoms with E-state index in [2.05, 4.69) is 27.7 Å². The van der Waals surface area contributed by atoms with Gasteiger partial charge in [-0.05, 0) is 111 Å². The van der Waals surface area contributed by atoms with E-state index in [1.165, 1.54) is 56.8 Å². The second-order valence-electron chi connectivity index (χ2n) is 13.6. The maximum atomic E-state index is 11.6. The van der Waals surface area contributed by atoms with Gasteiger partial charge in [-0.2, -0.15) is 0 Å². The predicted octanol–water partition coefficient (Wildman–Crippen LogP) is 6.84. The first-order chi connectivity index (χ1) is 17.0. The van der Waals surface area contributed by atoms with Crippen LogP contribution in [-0.2, 0) is 23.8 Å². The zero-order chi connectivity index (χ0) is 25.8. The molecule has 0 aromatic rings. The van der Waals surface area contributed by atoms with Crippen LogP contribution in [0.5, 0.6) is 0 Å². The highest BCUT2D eigenvalue weighted by molar-refractivity contribution is 5.66. The molecule has 1 unspecified atom stereocenters. The van der Waals surface area contributed by atoms with Gasteiger partial charge in [0.05, 0.1) is 12.4 Å². The number of esters is 2. The van der Waals surface area contributed by atoms with Crippen molar-refractivity contribution in [2.24, 2.45) is 46.3 Å². The van der Waals surface area contributed by atoms with Crippen molar-refractivity contribution in [1.82, 2.24) is 0 Å². The van der Waals surface area contributed by atoms with Gasteiger partial charge in [-0.25, -0.2) is 0 Å². The number of carbonyl (C=O) groups is 2. The largest absolute Gasteiger partial charge is 0.494 e. The van der Waals surface area contributed by atoms with E-state index in [1.807, 2.05) is 0 Å². The molecule has 1 aliphatic heterocycles. The molecule has 0 spiro atoms. The van der Waals surface area contributed by atoms with Crippen LogP contribution in [0.25, 0.3) is 0 Å². The molecule has 1 heterocycles. The molecule has 5 nitrogen and oxygen atoms in total. The summed E-state index contributed by atoms with van der Waals surface area (Å²) in [6.07, 6.45) is 12.2. The highest BCUT2D eigenvalue weighted by atomic mass is 16.5. The van der Waals surface area contributed by atoms with E-state index in [1.54, 1.807) is 6.92 Å². The number of rotatable bonds is 6. The van der Waals surface area contributed by atoms with Gasteiger partial charge in [-0.3, -0.25) is 9.59 Å². The fourth-order valence-electron chi connectivity index (χ4n) is 9.86. The fraction of sp³-hybridized carbons (Fsp3) is 0.871. The summed E-state index contributed by atoms with van der Waals surface area (Å²) in [5.74, 6) is 4.89. The third-order valence-electron chi connectivity index (χ3n) is 11.6. The molecule has 4 aliphatic carbocycles. The number of fused-ring (bicyclic) bond motifs is 7. The first-order valence-corrected chi connectivity index (χ1v) is 14.7. The molecule has 0 bridgehead atoms. The van der Waals surface area contributed by atoms with Crippen molar-refractivity contribution in [2.45, 2.75) is 118 Å². The Bertz CT molecular complexity index is 909. The van der Waals surface area contributed by atoms with Gasteiger partial charge in [0.15, 0.2) is 0 Å². The van der Waals surface area contributed by atoms with Crippen LogP contribution in [0.1, 0.15) is 106 Å². The molecule has 0 saturated heterocycles. The van der Waals surface area contributed by atoms with E-state index in [4.69, 9.17) is 14.2 Å². The SMILES string of the molecule is CC(=O)OC[C@@H](C)CCC1=C(C)C2[C@H](C[C@H]3[C@@H]4CC[C@@H]5C[C@H](OC(C)=O)CC[C@]5(C)[C@H]4CC[C@]23C)O1. The van der Waals surface area contributed by atoms with Gasteiger partial charge < -0.3 is 14.2 Å². The Morgan fingerprint density at radius 3 is 2.47 bits per heavy atom. The standard InChI is InChI=1S/C31H48O5/c1-18(17-34-20(3)32)7-10-27-19(2)29-28(36-27)16-26-24-9-8-22-15-23(35-21(4)33)11-13-30(22,5)25(24)12-14-31(26,29)6/h18,22-26,28-29H,7-17H2,1-6H3/t18-,22+,23+,24+,25-,26-,28-,29?,30-,31-/m0/s1. The lowest BCUT2D eigenvalue weighted by atomic mass is 9.44. The minimum absolute atomic E-state index is 0.120. The zero-order valence-corrected chi connectivity index (χ0v) is 23.4. The van der Waals surface area contributed by atoms with Crippen LogP contribution in [0.2, 0.25) is 0 Å². The van der Waals surface area contributed by atoms with E-state index in [0.29, 0.717) is 41.3 Å². The molecule has 202 valence electrons. The lowest BCUT2D eigenvalue weighted by Crippen LogP contribution is -2.54. The lowest BCUT2D eigenvalue weighted by Gasteiger charge is -2.61. The van der Waals surface area contributed by atoms with Crippen LogP contribution in [0.15, 0.2) is 11.3 Å². The van der Waals surface area contributed by atoms with Gasteiger partial charge in [-0.1, -0.05) is 20.8 Å². The topological polar surface area (TPSA) is 61.8 Å². The van der Waals surface area contributed by atoms with Gasteiger partial charge in [0.1, 0.15) is 12.2 Å². The molecule has 36 heavy (non-hydrogen) atoms. The van der Waals surface area contributed by atoms with Crippen LogP contribution in [0.4, 0.5) is 0 Å². The monoisotopic (exact) mass is 500 g/mol. The van der Waals surface area contributed by atoms with Crippen molar-refractivity contribution in [3.05, 3.63) is 11.3 Å². The number of ether oxygens (including phenoxy) is 3. The van der Waals surface area contributed by atoms with Gasteiger partial charge >= 0.3 is 11.9 Å². The fourth-order valence-corrected chi connectivity index (χ4v) is 9.86. The molecule has 4 fully saturated rings. The summed E-state index contributed by atoms with van der Waals surface area (Å²) in [4.78, 5) is 22.7. The lowest BCUT2D eigenvalue weighted by molar-refractivity contribution is -0.159. The third-order valence-corrected chi connectivity index (χ3v) is 11.6.